The van der Waals surface area contributed by atoms with Gasteiger partial charge in [0.2, 0.25) is 5.89 Å². The summed E-state index contributed by atoms with van der Waals surface area (Å²) in [6.07, 6.45) is 2.43. The molecule has 0 bridgehead atoms. The maximum atomic E-state index is 4.86. The van der Waals surface area contributed by atoms with Gasteiger partial charge in [0.25, 0.3) is 0 Å². The molecule has 16 heavy (non-hydrogen) atoms. The molecule has 0 atom stereocenters. The van der Waals surface area contributed by atoms with Gasteiger partial charge in [0, 0.05) is 18.7 Å². The Balaban J connectivity index is 1.99. The van der Waals surface area contributed by atoms with E-state index in [1.165, 1.54) is 0 Å². The van der Waals surface area contributed by atoms with E-state index in [-0.39, 0.29) is 0 Å². The fourth-order valence-electron chi connectivity index (χ4n) is 1.27. The van der Waals surface area contributed by atoms with Crippen molar-refractivity contribution < 1.29 is 4.52 Å². The summed E-state index contributed by atoms with van der Waals surface area (Å²) in [6.45, 7) is 4.31. The zero-order chi connectivity index (χ0) is 11.4. The molecule has 2 aromatic rings. The molecule has 0 spiro atoms. The van der Waals surface area contributed by atoms with Crippen LogP contribution in [0.4, 0.5) is 5.82 Å². The molecule has 0 aliphatic rings. The van der Waals surface area contributed by atoms with Crippen LogP contribution in [0.1, 0.15) is 24.3 Å². The zero-order valence-corrected chi connectivity index (χ0v) is 9.27. The molecule has 0 amide bonds. The summed E-state index contributed by atoms with van der Waals surface area (Å²) in [5.41, 5.74) is 1.00. The van der Waals surface area contributed by atoms with Crippen molar-refractivity contribution in [1.29, 1.82) is 0 Å². The number of nitrogens with one attached hydrogen (secondary N) is 1. The van der Waals surface area contributed by atoms with Gasteiger partial charge in [-0.2, -0.15) is 4.98 Å². The molecule has 1 N–H and O–H groups in total. The number of anilines is 1. The quantitative estimate of drug-likeness (QED) is 0.836. The lowest BCUT2D eigenvalue weighted by molar-refractivity contribution is 0.388. The molecule has 0 unspecified atom stereocenters. The van der Waals surface area contributed by atoms with Gasteiger partial charge in [-0.1, -0.05) is 12.1 Å². The standard InChI is InChI=1S/C10H13N5O/c1-3-8-4-9(13-6-12-8)11-5-10-14-7(2)16-15-10/h4,6H,3,5H2,1-2H3,(H,11,12,13). The van der Waals surface area contributed by atoms with Crippen molar-refractivity contribution in [1.82, 2.24) is 20.1 Å². The SMILES string of the molecule is CCc1cc(NCc2noc(C)n2)ncn1. The predicted molar refractivity (Wildman–Crippen MR) is 57.8 cm³/mol. The first-order chi connectivity index (χ1) is 7.78. The molecular weight excluding hydrogens is 206 g/mol. The number of hydrogen-bond donors (Lipinski definition) is 1. The third-order valence-corrected chi connectivity index (χ3v) is 2.08. The topological polar surface area (TPSA) is 76.7 Å². The minimum Gasteiger partial charge on any atom is -0.363 e. The highest BCUT2D eigenvalue weighted by molar-refractivity contribution is 5.34. The van der Waals surface area contributed by atoms with E-state index < -0.39 is 0 Å². The van der Waals surface area contributed by atoms with Crippen LogP contribution >= 0.6 is 0 Å². The summed E-state index contributed by atoms with van der Waals surface area (Å²) in [5.74, 6) is 1.96. The Labute approximate surface area is 93.1 Å². The summed E-state index contributed by atoms with van der Waals surface area (Å²) in [7, 11) is 0. The maximum Gasteiger partial charge on any atom is 0.223 e. The maximum absolute atomic E-state index is 4.86. The number of aryl methyl sites for hydroxylation is 2. The predicted octanol–water partition coefficient (Wildman–Crippen LogP) is 1.34. The minimum absolute atomic E-state index is 0.498. The second kappa shape index (κ2) is 4.69. The third kappa shape index (κ3) is 2.53. The summed E-state index contributed by atoms with van der Waals surface area (Å²) in [6, 6.07) is 1.91. The molecule has 0 radical (unpaired) electrons. The van der Waals surface area contributed by atoms with Gasteiger partial charge in [-0.3, -0.25) is 0 Å². The van der Waals surface area contributed by atoms with E-state index >= 15 is 0 Å². The normalized spacial score (nSPS) is 10.4. The average Bonchev–Trinajstić information content (AvgIpc) is 2.73. The van der Waals surface area contributed by atoms with E-state index in [2.05, 4.69) is 32.3 Å². The van der Waals surface area contributed by atoms with Crippen LogP contribution in [-0.2, 0) is 13.0 Å². The first kappa shape index (κ1) is 10.5. The van der Waals surface area contributed by atoms with Crippen molar-refractivity contribution in [2.24, 2.45) is 0 Å². The highest BCUT2D eigenvalue weighted by atomic mass is 16.5. The van der Waals surface area contributed by atoms with Gasteiger partial charge in [-0.15, -0.1) is 0 Å². The van der Waals surface area contributed by atoms with Crippen LogP contribution in [-0.4, -0.2) is 20.1 Å². The molecule has 0 saturated carbocycles. The lowest BCUT2D eigenvalue weighted by Crippen LogP contribution is -2.04. The molecule has 0 aromatic carbocycles. The fourth-order valence-corrected chi connectivity index (χ4v) is 1.27. The summed E-state index contributed by atoms with van der Waals surface area (Å²) in [5, 5.41) is 6.89. The van der Waals surface area contributed by atoms with Crippen molar-refractivity contribution in [3.05, 3.63) is 29.8 Å². The second-order valence-corrected chi connectivity index (χ2v) is 3.33. The van der Waals surface area contributed by atoms with Crippen LogP contribution in [0, 0.1) is 6.92 Å². The first-order valence-corrected chi connectivity index (χ1v) is 5.12. The van der Waals surface area contributed by atoms with Crippen molar-refractivity contribution in [2.45, 2.75) is 26.8 Å². The zero-order valence-electron chi connectivity index (χ0n) is 9.27. The van der Waals surface area contributed by atoms with E-state index in [0.29, 0.717) is 18.3 Å². The highest BCUT2D eigenvalue weighted by Gasteiger charge is 2.02. The number of aromatic nitrogens is 4. The molecule has 2 heterocycles. The van der Waals surface area contributed by atoms with E-state index in [1.807, 2.05) is 6.07 Å². The molecular formula is C10H13N5O. The lowest BCUT2D eigenvalue weighted by Gasteiger charge is -2.02. The molecule has 0 aliphatic carbocycles. The van der Waals surface area contributed by atoms with Crippen LogP contribution in [0.15, 0.2) is 16.9 Å². The van der Waals surface area contributed by atoms with Crippen molar-refractivity contribution in [3.63, 3.8) is 0 Å². The molecule has 84 valence electrons. The number of nitrogens with zero attached hydrogens (tertiary/aromatic N) is 4. The van der Waals surface area contributed by atoms with Crippen molar-refractivity contribution in [3.8, 4) is 0 Å². The molecule has 6 nitrogen and oxygen atoms in total. The highest BCUT2D eigenvalue weighted by Crippen LogP contribution is 2.06. The van der Waals surface area contributed by atoms with Crippen molar-refractivity contribution >= 4 is 5.82 Å². The molecule has 2 rings (SSSR count). The Hall–Kier alpha value is -1.98. The Morgan fingerprint density at radius 2 is 2.25 bits per heavy atom. The van der Waals surface area contributed by atoms with Gasteiger partial charge in [0.1, 0.15) is 12.1 Å². The Kier molecular flexibility index (Phi) is 3.09. The monoisotopic (exact) mass is 219 g/mol. The molecule has 0 saturated heterocycles. The summed E-state index contributed by atoms with van der Waals surface area (Å²) in [4.78, 5) is 12.3. The van der Waals surface area contributed by atoms with Crippen LogP contribution < -0.4 is 5.32 Å². The van der Waals surface area contributed by atoms with Gasteiger partial charge in [-0.25, -0.2) is 9.97 Å². The summed E-state index contributed by atoms with van der Waals surface area (Å²) >= 11 is 0. The van der Waals surface area contributed by atoms with Gasteiger partial charge < -0.3 is 9.84 Å². The smallest absolute Gasteiger partial charge is 0.223 e. The van der Waals surface area contributed by atoms with Crippen molar-refractivity contribution in [2.75, 3.05) is 5.32 Å². The first-order valence-electron chi connectivity index (χ1n) is 5.12. The largest absolute Gasteiger partial charge is 0.363 e. The van der Waals surface area contributed by atoms with Gasteiger partial charge >= 0.3 is 0 Å². The number of hydrogen-bond acceptors (Lipinski definition) is 6. The number of rotatable bonds is 4. The van der Waals surface area contributed by atoms with E-state index in [1.54, 1.807) is 13.3 Å². The van der Waals surface area contributed by atoms with Crippen LogP contribution in [0.2, 0.25) is 0 Å². The van der Waals surface area contributed by atoms with Gasteiger partial charge in [0.05, 0.1) is 6.54 Å². The van der Waals surface area contributed by atoms with E-state index in [4.69, 9.17) is 4.52 Å². The molecule has 2 aromatic heterocycles. The molecule has 6 heteroatoms. The van der Waals surface area contributed by atoms with Gasteiger partial charge in [0.15, 0.2) is 5.82 Å². The molecule has 0 aliphatic heterocycles. The van der Waals surface area contributed by atoms with E-state index in [0.717, 1.165) is 17.9 Å². The average molecular weight is 219 g/mol. The second-order valence-electron chi connectivity index (χ2n) is 3.33. The van der Waals surface area contributed by atoms with Crippen LogP contribution in [0.3, 0.4) is 0 Å². The van der Waals surface area contributed by atoms with E-state index in [9.17, 15) is 0 Å². The molecule has 0 fully saturated rings. The summed E-state index contributed by atoms with van der Waals surface area (Å²) < 4.78 is 4.86. The van der Waals surface area contributed by atoms with Crippen LogP contribution in [0.5, 0.6) is 0 Å². The fraction of sp³-hybridized carbons (Fsp3) is 0.400. The Bertz CT molecular complexity index is 468. The van der Waals surface area contributed by atoms with Crippen LogP contribution in [0.25, 0.3) is 0 Å². The lowest BCUT2D eigenvalue weighted by atomic mass is 10.3. The Morgan fingerprint density at radius 1 is 1.38 bits per heavy atom. The van der Waals surface area contributed by atoms with Gasteiger partial charge in [-0.05, 0) is 6.42 Å². The third-order valence-electron chi connectivity index (χ3n) is 2.08. The minimum atomic E-state index is 0.498. The Morgan fingerprint density at radius 3 is 2.94 bits per heavy atom.